The second-order valence-electron chi connectivity index (χ2n) is 3.43. The fraction of sp³-hybridized carbons (Fsp3) is 0.500. The maximum absolute atomic E-state index is 11.5. The summed E-state index contributed by atoms with van der Waals surface area (Å²) in [4.78, 5) is 18.3. The smallest absolute Gasteiger partial charge is 0.274 e. The molecule has 1 aliphatic heterocycles. The Kier molecular flexibility index (Phi) is 1.92. The quantitative estimate of drug-likeness (QED) is 0.533. The molecule has 0 saturated heterocycles. The topological polar surface area (TPSA) is 95.8 Å². The lowest BCUT2D eigenvalue weighted by molar-refractivity contribution is 0.0892. The van der Waals surface area contributed by atoms with Crippen LogP contribution in [0.4, 0.5) is 5.82 Å². The zero-order valence-electron chi connectivity index (χ0n) is 7.92. The molecule has 0 saturated carbocycles. The number of fused-ring (bicyclic) bond motifs is 1. The minimum Gasteiger partial charge on any atom is -0.339 e. The van der Waals surface area contributed by atoms with Crippen molar-refractivity contribution >= 4 is 11.7 Å². The van der Waals surface area contributed by atoms with Gasteiger partial charge in [0.15, 0.2) is 11.6 Å². The van der Waals surface area contributed by atoms with Gasteiger partial charge in [-0.3, -0.25) is 10.5 Å². The van der Waals surface area contributed by atoms with Gasteiger partial charge in [-0.2, -0.15) is 0 Å². The molecule has 1 aliphatic rings. The van der Waals surface area contributed by atoms with Gasteiger partial charge in [-0.15, -0.1) is 0 Å². The number of carbonyl (C=O) groups is 1. The number of H-pyrrole nitrogens is 1. The lowest BCUT2D eigenvalue weighted by Crippen LogP contribution is -2.64. The van der Waals surface area contributed by atoms with Crippen LogP contribution < -0.4 is 16.4 Å². The Morgan fingerprint density at radius 1 is 1.57 bits per heavy atom. The molecule has 5 N–H and O–H groups in total. The largest absolute Gasteiger partial charge is 0.339 e. The highest BCUT2D eigenvalue weighted by molar-refractivity contribution is 5.99. The van der Waals surface area contributed by atoms with Crippen molar-refractivity contribution in [2.45, 2.75) is 25.6 Å². The Morgan fingerprint density at radius 3 is 3.07 bits per heavy atom. The van der Waals surface area contributed by atoms with E-state index in [0.717, 1.165) is 6.42 Å². The van der Waals surface area contributed by atoms with Crippen molar-refractivity contribution in [3.8, 4) is 0 Å². The van der Waals surface area contributed by atoms with Crippen molar-refractivity contribution in [2.75, 3.05) is 5.32 Å². The molecule has 14 heavy (non-hydrogen) atoms. The molecule has 0 spiro atoms. The predicted molar refractivity (Wildman–Crippen MR) is 51.5 cm³/mol. The third kappa shape index (κ3) is 1.33. The Bertz CT molecular complexity index is 360. The first-order chi connectivity index (χ1) is 6.64. The highest BCUT2D eigenvalue weighted by Gasteiger charge is 2.34. The zero-order valence-corrected chi connectivity index (χ0v) is 7.92. The van der Waals surface area contributed by atoms with Gasteiger partial charge in [-0.05, 0) is 0 Å². The summed E-state index contributed by atoms with van der Waals surface area (Å²) in [7, 11) is 0. The van der Waals surface area contributed by atoms with Crippen LogP contribution >= 0.6 is 0 Å². The monoisotopic (exact) mass is 195 g/mol. The van der Waals surface area contributed by atoms with Gasteiger partial charge in [0.1, 0.15) is 5.69 Å². The lowest BCUT2D eigenvalue weighted by atomic mass is 10.1. The van der Waals surface area contributed by atoms with Crippen molar-refractivity contribution in [2.24, 2.45) is 5.73 Å². The molecule has 2 heterocycles. The number of nitrogens with zero attached hydrogens (tertiary/aromatic N) is 1. The molecule has 1 atom stereocenters. The Balaban J connectivity index is 2.29. The van der Waals surface area contributed by atoms with E-state index in [4.69, 9.17) is 5.73 Å². The fourth-order valence-corrected chi connectivity index (χ4v) is 1.59. The van der Waals surface area contributed by atoms with Crippen molar-refractivity contribution in [3.05, 3.63) is 12.0 Å². The van der Waals surface area contributed by atoms with Crippen LogP contribution in [0.1, 0.15) is 30.3 Å². The lowest BCUT2D eigenvalue weighted by Gasteiger charge is -2.34. The summed E-state index contributed by atoms with van der Waals surface area (Å²) in [6.07, 6.45) is 3.00. The molecule has 0 bridgehead atoms. The van der Waals surface area contributed by atoms with Crippen LogP contribution in [0.15, 0.2) is 6.33 Å². The zero-order chi connectivity index (χ0) is 10.2. The minimum atomic E-state index is -0.867. The van der Waals surface area contributed by atoms with E-state index in [2.05, 4.69) is 20.6 Å². The van der Waals surface area contributed by atoms with Crippen molar-refractivity contribution < 1.29 is 4.79 Å². The van der Waals surface area contributed by atoms with Gasteiger partial charge in [0, 0.05) is 6.42 Å². The number of imidazole rings is 1. The molecule has 6 nitrogen and oxygen atoms in total. The first-order valence-electron chi connectivity index (χ1n) is 4.57. The SMILES string of the molecule is CCCC1(N)NC(=O)c2[nH]cnc2N1. The standard InChI is InChI=1S/C8H13N5O/c1-2-3-8(9)12-6-5(7(14)13-8)10-4-11-6/h4,12H,2-3,9H2,1H3,(H,10,11)(H,13,14). The predicted octanol–water partition coefficient (Wildman–Crippen LogP) is -0.0224. The molecule has 1 unspecified atom stereocenters. The number of anilines is 1. The van der Waals surface area contributed by atoms with Gasteiger partial charge in [0.2, 0.25) is 0 Å². The van der Waals surface area contributed by atoms with E-state index in [1.54, 1.807) is 0 Å². The molecular formula is C8H13N5O. The van der Waals surface area contributed by atoms with Crippen molar-refractivity contribution in [3.63, 3.8) is 0 Å². The third-order valence-corrected chi connectivity index (χ3v) is 2.19. The molecule has 0 aliphatic carbocycles. The second-order valence-corrected chi connectivity index (χ2v) is 3.43. The summed E-state index contributed by atoms with van der Waals surface area (Å²) < 4.78 is 0. The van der Waals surface area contributed by atoms with E-state index in [1.807, 2.05) is 6.92 Å². The number of nitrogens with two attached hydrogens (primary N) is 1. The summed E-state index contributed by atoms with van der Waals surface area (Å²) >= 11 is 0. The third-order valence-electron chi connectivity index (χ3n) is 2.19. The molecule has 76 valence electrons. The number of aromatic nitrogens is 2. The van der Waals surface area contributed by atoms with Crippen LogP contribution in [-0.4, -0.2) is 21.7 Å². The Labute approximate surface area is 81.3 Å². The van der Waals surface area contributed by atoms with Crippen LogP contribution in [0.2, 0.25) is 0 Å². The number of aromatic amines is 1. The summed E-state index contributed by atoms with van der Waals surface area (Å²) in [6, 6.07) is 0. The molecule has 1 amide bonds. The number of hydrogen-bond acceptors (Lipinski definition) is 4. The number of nitrogens with one attached hydrogen (secondary N) is 3. The van der Waals surface area contributed by atoms with Crippen molar-refractivity contribution in [1.82, 2.24) is 15.3 Å². The van der Waals surface area contributed by atoms with E-state index in [9.17, 15) is 4.79 Å². The summed E-state index contributed by atoms with van der Waals surface area (Å²) in [5, 5.41) is 5.68. The molecule has 0 radical (unpaired) electrons. The molecule has 6 heteroatoms. The van der Waals surface area contributed by atoms with Gasteiger partial charge >= 0.3 is 0 Å². The van der Waals surface area contributed by atoms with Crippen LogP contribution in [0, 0.1) is 0 Å². The molecular weight excluding hydrogens is 182 g/mol. The van der Waals surface area contributed by atoms with E-state index >= 15 is 0 Å². The highest BCUT2D eigenvalue weighted by Crippen LogP contribution is 2.20. The normalized spacial score (nSPS) is 25.1. The summed E-state index contributed by atoms with van der Waals surface area (Å²) in [5.74, 6) is -0.564. The number of rotatable bonds is 2. The number of carbonyl (C=O) groups excluding carboxylic acids is 1. The first-order valence-corrected chi connectivity index (χ1v) is 4.57. The van der Waals surface area contributed by atoms with Gasteiger partial charge in [-0.25, -0.2) is 4.98 Å². The van der Waals surface area contributed by atoms with Crippen LogP contribution in [0.5, 0.6) is 0 Å². The second kappa shape index (κ2) is 2.98. The van der Waals surface area contributed by atoms with Gasteiger partial charge in [0.25, 0.3) is 5.91 Å². The van der Waals surface area contributed by atoms with Crippen LogP contribution in [0.3, 0.4) is 0 Å². The molecule has 1 aromatic heterocycles. The van der Waals surface area contributed by atoms with Gasteiger partial charge in [0.05, 0.1) is 6.33 Å². The maximum atomic E-state index is 11.5. The molecule has 0 aromatic carbocycles. The Hall–Kier alpha value is -1.56. The molecule has 0 fully saturated rings. The number of amides is 1. The van der Waals surface area contributed by atoms with Crippen molar-refractivity contribution in [1.29, 1.82) is 0 Å². The Morgan fingerprint density at radius 2 is 2.36 bits per heavy atom. The molecule has 1 aromatic rings. The van der Waals surface area contributed by atoms with E-state index in [0.29, 0.717) is 17.9 Å². The van der Waals surface area contributed by atoms with Gasteiger partial charge in [-0.1, -0.05) is 13.3 Å². The average molecular weight is 195 g/mol. The average Bonchev–Trinajstić information content (AvgIpc) is 2.51. The van der Waals surface area contributed by atoms with E-state index < -0.39 is 5.79 Å². The molecule has 2 rings (SSSR count). The van der Waals surface area contributed by atoms with Gasteiger partial charge < -0.3 is 15.6 Å². The highest BCUT2D eigenvalue weighted by atomic mass is 16.2. The van der Waals surface area contributed by atoms with E-state index in [-0.39, 0.29) is 5.91 Å². The van der Waals surface area contributed by atoms with Crippen LogP contribution in [0.25, 0.3) is 0 Å². The maximum Gasteiger partial charge on any atom is 0.274 e. The fourth-order valence-electron chi connectivity index (χ4n) is 1.59. The first kappa shape index (κ1) is 9.01. The minimum absolute atomic E-state index is 0.216. The van der Waals surface area contributed by atoms with E-state index in [1.165, 1.54) is 6.33 Å². The summed E-state index contributed by atoms with van der Waals surface area (Å²) in [5.41, 5.74) is 6.37. The summed E-state index contributed by atoms with van der Waals surface area (Å²) in [6.45, 7) is 2.00. The number of hydrogen-bond donors (Lipinski definition) is 4. The van der Waals surface area contributed by atoms with Crippen LogP contribution in [-0.2, 0) is 0 Å².